The van der Waals surface area contributed by atoms with Crippen LogP contribution in [0, 0.1) is 15.5 Å². The molecule has 0 bridgehead atoms. The molecule has 5 rings (SSSR count). The van der Waals surface area contributed by atoms with Crippen LogP contribution in [-0.2, 0) is 20.7 Å². The van der Waals surface area contributed by atoms with E-state index in [1.54, 1.807) is 25.1 Å². The Labute approximate surface area is 199 Å². The minimum absolute atomic E-state index is 0.116. The van der Waals surface area contributed by atoms with E-state index in [0.717, 1.165) is 4.90 Å². The Morgan fingerprint density at radius 2 is 1.85 bits per heavy atom. The van der Waals surface area contributed by atoms with E-state index in [1.165, 1.54) is 24.3 Å². The Balaban J connectivity index is 1.70. The minimum Gasteiger partial charge on any atom is -0.372 e. The molecule has 3 aliphatic heterocycles. The number of amides is 4. The molecule has 0 aliphatic carbocycles. The van der Waals surface area contributed by atoms with Crippen molar-refractivity contribution in [3.63, 3.8) is 0 Å². The smallest absolute Gasteiger partial charge is 0.335 e. The highest BCUT2D eigenvalue weighted by molar-refractivity contribution is 6.32. The van der Waals surface area contributed by atoms with Crippen LogP contribution in [0.15, 0.2) is 42.5 Å². The summed E-state index contributed by atoms with van der Waals surface area (Å²) in [5, 5.41) is 14.2. The van der Waals surface area contributed by atoms with Gasteiger partial charge in [-0.1, -0.05) is 11.6 Å². The van der Waals surface area contributed by atoms with Crippen LogP contribution in [0.5, 0.6) is 0 Å². The quantitative estimate of drug-likeness (QED) is 0.395. The lowest BCUT2D eigenvalue weighted by atomic mass is 9.66. The Hall–Kier alpha value is -3.50. The molecule has 0 unspecified atom stereocenters. The SMILES string of the molecule is C[C@@H]1CN2c3ccc([N+](=O)[O-])cc3C[C@]3(C(=O)NC(=O)N(c4ccc(Cl)cc4)C3=O)[C@@H]2[C@H](C)O1. The average molecular weight is 485 g/mol. The van der Waals surface area contributed by atoms with Gasteiger partial charge in [-0.15, -0.1) is 0 Å². The van der Waals surface area contributed by atoms with Crippen LogP contribution in [0.1, 0.15) is 19.4 Å². The number of morpholine rings is 1. The number of non-ortho nitro benzene ring substituents is 1. The van der Waals surface area contributed by atoms with Gasteiger partial charge in [0.25, 0.3) is 11.6 Å². The zero-order chi connectivity index (χ0) is 24.4. The van der Waals surface area contributed by atoms with Gasteiger partial charge >= 0.3 is 6.03 Å². The number of urea groups is 1. The number of rotatable bonds is 2. The van der Waals surface area contributed by atoms with Crippen molar-refractivity contribution in [1.29, 1.82) is 0 Å². The molecule has 2 saturated heterocycles. The zero-order valence-corrected chi connectivity index (χ0v) is 19.1. The molecular formula is C23H21ClN4O6. The first-order valence-corrected chi connectivity index (χ1v) is 11.2. The third-order valence-corrected chi connectivity index (χ3v) is 6.99. The van der Waals surface area contributed by atoms with Crippen LogP contribution in [0.2, 0.25) is 5.02 Å². The number of fused-ring (bicyclic) bond motifs is 4. The van der Waals surface area contributed by atoms with Gasteiger partial charge in [-0.05, 0) is 49.7 Å². The standard InChI is InChI=1S/C23H21ClN4O6/c1-12-11-26-18-8-7-17(28(32)33)9-14(18)10-23(19(26)13(2)34-12)20(29)25-22(31)27(21(23)30)16-5-3-15(24)4-6-16/h3-9,12-13,19H,10-11H2,1-2H3,(H,25,29,31)/t12-,13+,19+,23-/m1/s1. The first-order valence-electron chi connectivity index (χ1n) is 10.8. The first kappa shape index (κ1) is 22.3. The molecular weight excluding hydrogens is 464 g/mol. The third kappa shape index (κ3) is 3.17. The molecule has 34 heavy (non-hydrogen) atoms. The molecule has 1 N–H and O–H groups in total. The van der Waals surface area contributed by atoms with Gasteiger partial charge in [-0.25, -0.2) is 9.69 Å². The lowest BCUT2D eigenvalue weighted by Gasteiger charge is -2.56. The van der Waals surface area contributed by atoms with Gasteiger partial charge in [0, 0.05) is 35.8 Å². The molecule has 0 aromatic heterocycles. The number of hydrogen-bond acceptors (Lipinski definition) is 7. The zero-order valence-electron chi connectivity index (χ0n) is 18.4. The van der Waals surface area contributed by atoms with Gasteiger partial charge in [0.05, 0.1) is 28.9 Å². The van der Waals surface area contributed by atoms with E-state index in [0.29, 0.717) is 22.8 Å². The summed E-state index contributed by atoms with van der Waals surface area (Å²) in [6, 6.07) is 8.97. The molecule has 1 spiro atoms. The molecule has 4 amide bonds. The highest BCUT2D eigenvalue weighted by atomic mass is 35.5. The molecule has 2 fully saturated rings. The lowest BCUT2D eigenvalue weighted by molar-refractivity contribution is -0.384. The van der Waals surface area contributed by atoms with Crippen molar-refractivity contribution in [1.82, 2.24) is 5.32 Å². The Bertz CT molecular complexity index is 1230. The highest BCUT2D eigenvalue weighted by Crippen LogP contribution is 2.49. The number of nitro groups is 1. The number of barbiturate groups is 1. The van der Waals surface area contributed by atoms with Crippen LogP contribution >= 0.6 is 11.6 Å². The summed E-state index contributed by atoms with van der Waals surface area (Å²) in [5.74, 6) is -1.45. The average Bonchev–Trinajstić information content (AvgIpc) is 2.78. The maximum absolute atomic E-state index is 14.1. The number of ether oxygens (including phenoxy) is 1. The largest absolute Gasteiger partial charge is 0.372 e. The predicted molar refractivity (Wildman–Crippen MR) is 123 cm³/mol. The van der Waals surface area contributed by atoms with E-state index in [9.17, 15) is 24.5 Å². The van der Waals surface area contributed by atoms with Crippen LogP contribution in [0.4, 0.5) is 21.9 Å². The van der Waals surface area contributed by atoms with Gasteiger partial charge in [-0.2, -0.15) is 0 Å². The molecule has 11 heteroatoms. The van der Waals surface area contributed by atoms with Gasteiger partial charge in [0.15, 0.2) is 5.41 Å². The molecule has 10 nitrogen and oxygen atoms in total. The third-order valence-electron chi connectivity index (χ3n) is 6.74. The van der Waals surface area contributed by atoms with Crippen molar-refractivity contribution in [2.45, 2.75) is 38.5 Å². The van der Waals surface area contributed by atoms with Crippen LogP contribution in [0.25, 0.3) is 0 Å². The summed E-state index contributed by atoms with van der Waals surface area (Å²) < 4.78 is 6.04. The maximum atomic E-state index is 14.1. The fourth-order valence-electron chi connectivity index (χ4n) is 5.45. The molecule has 2 aromatic rings. The molecule has 3 aliphatic rings. The van der Waals surface area contributed by atoms with Crippen molar-refractivity contribution < 1.29 is 24.0 Å². The summed E-state index contributed by atoms with van der Waals surface area (Å²) >= 11 is 5.97. The van der Waals surface area contributed by atoms with Crippen molar-refractivity contribution in [2.24, 2.45) is 5.41 Å². The molecule has 4 atom stereocenters. The van der Waals surface area contributed by atoms with Gasteiger partial charge < -0.3 is 9.64 Å². The fraction of sp³-hybridized carbons (Fsp3) is 0.348. The number of halogens is 1. The summed E-state index contributed by atoms with van der Waals surface area (Å²) in [7, 11) is 0. The number of hydrogen-bond donors (Lipinski definition) is 1. The van der Waals surface area contributed by atoms with Crippen LogP contribution in [-0.4, -0.2) is 47.6 Å². The molecule has 0 radical (unpaired) electrons. The van der Waals surface area contributed by atoms with Crippen LogP contribution in [0.3, 0.4) is 0 Å². The lowest BCUT2D eigenvalue weighted by Crippen LogP contribution is -2.76. The normalized spacial score (nSPS) is 28.4. The molecule has 2 aromatic carbocycles. The maximum Gasteiger partial charge on any atom is 0.335 e. The van der Waals surface area contributed by atoms with E-state index in [4.69, 9.17) is 16.3 Å². The molecule has 0 saturated carbocycles. The second kappa shape index (κ2) is 7.78. The van der Waals surface area contributed by atoms with Crippen molar-refractivity contribution in [2.75, 3.05) is 16.3 Å². The summed E-state index contributed by atoms with van der Waals surface area (Å²) in [4.78, 5) is 54.2. The monoisotopic (exact) mass is 484 g/mol. The summed E-state index contributed by atoms with van der Waals surface area (Å²) in [6.07, 6.45) is -0.864. The Morgan fingerprint density at radius 3 is 2.53 bits per heavy atom. The predicted octanol–water partition coefficient (Wildman–Crippen LogP) is 3.06. The number of carbonyl (C=O) groups excluding carboxylic acids is 3. The van der Waals surface area contributed by atoms with Gasteiger partial charge in [0.1, 0.15) is 0 Å². The van der Waals surface area contributed by atoms with E-state index in [2.05, 4.69) is 5.32 Å². The van der Waals surface area contributed by atoms with E-state index in [-0.39, 0.29) is 23.9 Å². The number of benzene rings is 2. The number of nitrogens with zero attached hydrogens (tertiary/aromatic N) is 3. The Kier molecular flexibility index (Phi) is 5.10. The topological polar surface area (TPSA) is 122 Å². The second-order valence-electron chi connectivity index (χ2n) is 8.84. The second-order valence-corrected chi connectivity index (χ2v) is 9.28. The van der Waals surface area contributed by atoms with Crippen molar-refractivity contribution >= 4 is 46.5 Å². The van der Waals surface area contributed by atoms with Crippen molar-refractivity contribution in [3.8, 4) is 0 Å². The van der Waals surface area contributed by atoms with Crippen LogP contribution < -0.4 is 15.1 Å². The van der Waals surface area contributed by atoms with E-state index in [1.807, 2.05) is 11.8 Å². The number of nitrogens with one attached hydrogen (secondary N) is 1. The number of imide groups is 2. The van der Waals surface area contributed by atoms with Gasteiger partial charge in [0.2, 0.25) is 5.91 Å². The molecule has 3 heterocycles. The van der Waals surface area contributed by atoms with E-state index >= 15 is 0 Å². The number of nitro benzene ring substituents is 1. The Morgan fingerprint density at radius 1 is 1.15 bits per heavy atom. The fourth-order valence-corrected chi connectivity index (χ4v) is 5.58. The molecule has 176 valence electrons. The summed E-state index contributed by atoms with van der Waals surface area (Å²) in [6.45, 7) is 4.04. The van der Waals surface area contributed by atoms with Gasteiger partial charge in [-0.3, -0.25) is 25.0 Å². The minimum atomic E-state index is -1.74. The number of anilines is 2. The van der Waals surface area contributed by atoms with E-state index < -0.39 is 40.3 Å². The summed E-state index contributed by atoms with van der Waals surface area (Å²) in [5.41, 5.74) is -0.432. The first-order chi connectivity index (χ1) is 16.1. The number of carbonyl (C=O) groups is 3. The highest BCUT2D eigenvalue weighted by Gasteiger charge is 2.65. The van der Waals surface area contributed by atoms with Crippen molar-refractivity contribution in [3.05, 3.63) is 63.2 Å².